The predicted molar refractivity (Wildman–Crippen MR) is 129 cm³/mol. The largest absolute Gasteiger partial charge is 0.505 e. The van der Waals surface area contributed by atoms with Crippen LogP contribution in [0, 0.1) is 17.0 Å². The Bertz CT molecular complexity index is 1370. The molecule has 1 N–H and O–H groups in total. The second-order valence-electron chi connectivity index (χ2n) is 8.77. The maximum Gasteiger partial charge on any atom is 0.295 e. The van der Waals surface area contributed by atoms with Crippen LogP contribution in [0.4, 0.5) is 5.69 Å². The van der Waals surface area contributed by atoms with Gasteiger partial charge in [-0.3, -0.25) is 29.0 Å². The number of imidazole rings is 1. The number of morpholine rings is 1. The van der Waals surface area contributed by atoms with Gasteiger partial charge in [-0.25, -0.2) is 4.98 Å². The number of Topliss-reactive ketones (excluding diaryl/α,β-unsaturated/α-hetero) is 1. The van der Waals surface area contributed by atoms with E-state index >= 15 is 0 Å². The number of aryl methyl sites for hydroxylation is 1. The van der Waals surface area contributed by atoms with Gasteiger partial charge in [-0.1, -0.05) is 6.07 Å². The first-order chi connectivity index (χ1) is 17.4. The molecule has 4 heterocycles. The lowest BCUT2D eigenvalue weighted by Crippen LogP contribution is -2.42. The molecule has 2 aromatic heterocycles. The number of rotatable bonds is 6. The summed E-state index contributed by atoms with van der Waals surface area (Å²) in [6, 6.07) is 10.2. The van der Waals surface area contributed by atoms with Crippen LogP contribution in [0.2, 0.25) is 0 Å². The number of likely N-dealkylation sites (tertiary alicyclic amines) is 1. The van der Waals surface area contributed by atoms with E-state index in [0.717, 1.165) is 0 Å². The van der Waals surface area contributed by atoms with Crippen molar-refractivity contribution in [2.24, 2.45) is 0 Å². The van der Waals surface area contributed by atoms with Gasteiger partial charge in [0.25, 0.3) is 17.4 Å². The minimum absolute atomic E-state index is 0.0652. The number of benzene rings is 1. The molecule has 186 valence electrons. The summed E-state index contributed by atoms with van der Waals surface area (Å²) in [6.07, 6.45) is 1.72. The van der Waals surface area contributed by atoms with Crippen molar-refractivity contribution in [2.75, 3.05) is 39.4 Å². The standard InChI is InChI=1S/C25H25N5O6/c1-16-21(28-9-3-2-4-19(28)26-16)23(31)20-22(17-5-7-18(8-6-17)30(34)35)29(25(33)24(20)32)11-10-27-12-14-36-15-13-27/h2-9,22,31H,10-15H2,1H3/t22-/m0/s1. The van der Waals surface area contributed by atoms with Crippen LogP contribution < -0.4 is 0 Å². The van der Waals surface area contributed by atoms with Gasteiger partial charge in [-0.05, 0) is 36.8 Å². The molecule has 0 unspecified atom stereocenters. The zero-order chi connectivity index (χ0) is 25.4. The van der Waals surface area contributed by atoms with Gasteiger partial charge in [-0.2, -0.15) is 0 Å². The number of aliphatic hydroxyl groups excluding tert-OH is 1. The van der Waals surface area contributed by atoms with E-state index in [-0.39, 0.29) is 23.6 Å². The van der Waals surface area contributed by atoms with Crippen LogP contribution >= 0.6 is 0 Å². The number of non-ortho nitro benzene ring substituents is 1. The molecular weight excluding hydrogens is 466 g/mol. The molecule has 0 bridgehead atoms. The monoisotopic (exact) mass is 491 g/mol. The minimum Gasteiger partial charge on any atom is -0.505 e. The Balaban J connectivity index is 1.61. The number of nitrogens with zero attached hydrogens (tertiary/aromatic N) is 5. The van der Waals surface area contributed by atoms with Gasteiger partial charge < -0.3 is 14.7 Å². The van der Waals surface area contributed by atoms with Crippen molar-refractivity contribution in [3.8, 4) is 0 Å². The summed E-state index contributed by atoms with van der Waals surface area (Å²) in [7, 11) is 0. The van der Waals surface area contributed by atoms with Crippen molar-refractivity contribution < 1.29 is 24.4 Å². The number of carbonyl (C=O) groups excluding carboxylic acids is 2. The third-order valence-corrected chi connectivity index (χ3v) is 6.65. The van der Waals surface area contributed by atoms with Crippen LogP contribution in [-0.2, 0) is 14.3 Å². The van der Waals surface area contributed by atoms with Crippen LogP contribution in [0.15, 0.2) is 54.2 Å². The lowest BCUT2D eigenvalue weighted by molar-refractivity contribution is -0.384. The summed E-state index contributed by atoms with van der Waals surface area (Å²) < 4.78 is 7.05. The van der Waals surface area contributed by atoms with Crippen LogP contribution in [0.3, 0.4) is 0 Å². The molecule has 36 heavy (non-hydrogen) atoms. The Morgan fingerprint density at radius 3 is 2.56 bits per heavy atom. The molecule has 11 heteroatoms. The van der Waals surface area contributed by atoms with Gasteiger partial charge >= 0.3 is 0 Å². The number of fused-ring (bicyclic) bond motifs is 1. The van der Waals surface area contributed by atoms with E-state index in [0.29, 0.717) is 55.4 Å². The summed E-state index contributed by atoms with van der Waals surface area (Å²) in [4.78, 5) is 45.3. The number of amides is 1. The fourth-order valence-electron chi connectivity index (χ4n) is 4.84. The number of ketones is 1. The molecule has 11 nitrogen and oxygen atoms in total. The Morgan fingerprint density at radius 2 is 1.86 bits per heavy atom. The average Bonchev–Trinajstić information content (AvgIpc) is 3.35. The van der Waals surface area contributed by atoms with Gasteiger partial charge in [0.1, 0.15) is 11.3 Å². The Hall–Kier alpha value is -4.09. The van der Waals surface area contributed by atoms with Crippen molar-refractivity contribution in [1.29, 1.82) is 0 Å². The van der Waals surface area contributed by atoms with E-state index in [2.05, 4.69) is 9.88 Å². The number of carbonyl (C=O) groups is 2. The molecule has 1 aromatic carbocycles. The molecule has 2 aliphatic heterocycles. The van der Waals surface area contributed by atoms with Crippen LogP contribution in [0.1, 0.15) is 23.0 Å². The number of aliphatic hydroxyl groups is 1. The van der Waals surface area contributed by atoms with Crippen molar-refractivity contribution in [1.82, 2.24) is 19.2 Å². The van der Waals surface area contributed by atoms with E-state index in [1.54, 1.807) is 29.7 Å². The highest BCUT2D eigenvalue weighted by molar-refractivity contribution is 6.46. The van der Waals surface area contributed by atoms with Crippen molar-refractivity contribution in [2.45, 2.75) is 13.0 Å². The van der Waals surface area contributed by atoms with E-state index in [9.17, 15) is 24.8 Å². The molecule has 3 aromatic rings. The number of ether oxygens (including phenoxy) is 1. The van der Waals surface area contributed by atoms with Gasteiger partial charge in [0.2, 0.25) is 0 Å². The SMILES string of the molecule is Cc1nc2ccccn2c1C(O)=C1C(=O)C(=O)N(CCN2CCOCC2)[C@H]1c1ccc([N+](=O)[O-])cc1. The predicted octanol–water partition coefficient (Wildman–Crippen LogP) is 2.30. The van der Waals surface area contributed by atoms with Crippen LogP contribution in [0.25, 0.3) is 11.4 Å². The lowest BCUT2D eigenvalue weighted by Gasteiger charge is -2.31. The first-order valence-corrected chi connectivity index (χ1v) is 11.6. The lowest BCUT2D eigenvalue weighted by atomic mass is 9.96. The molecule has 0 spiro atoms. The smallest absolute Gasteiger partial charge is 0.295 e. The maximum atomic E-state index is 13.3. The fourth-order valence-corrected chi connectivity index (χ4v) is 4.84. The van der Waals surface area contributed by atoms with Crippen molar-refractivity contribution in [3.63, 3.8) is 0 Å². The van der Waals surface area contributed by atoms with Crippen LogP contribution in [0.5, 0.6) is 0 Å². The molecule has 1 amide bonds. The summed E-state index contributed by atoms with van der Waals surface area (Å²) in [5.41, 5.74) is 1.73. The van der Waals surface area contributed by atoms with E-state index < -0.39 is 22.7 Å². The Labute approximate surface area is 206 Å². The molecule has 2 fully saturated rings. The third kappa shape index (κ3) is 4.12. The number of nitro groups is 1. The Kier molecular flexibility index (Phi) is 6.25. The highest BCUT2D eigenvalue weighted by atomic mass is 16.6. The highest BCUT2D eigenvalue weighted by Crippen LogP contribution is 2.40. The number of pyridine rings is 1. The van der Waals surface area contributed by atoms with Gasteiger partial charge in [0, 0.05) is 44.5 Å². The first-order valence-electron chi connectivity index (χ1n) is 11.6. The Morgan fingerprint density at radius 1 is 1.14 bits per heavy atom. The van der Waals surface area contributed by atoms with Gasteiger partial charge in [0.15, 0.2) is 5.76 Å². The average molecular weight is 492 g/mol. The zero-order valence-corrected chi connectivity index (χ0v) is 19.7. The quantitative estimate of drug-likeness (QED) is 0.183. The summed E-state index contributed by atoms with van der Waals surface area (Å²) >= 11 is 0. The molecule has 1 atom stereocenters. The number of nitro benzene ring substituents is 1. The van der Waals surface area contributed by atoms with Gasteiger partial charge in [0.05, 0.1) is 35.4 Å². The molecular formula is C25H25N5O6. The summed E-state index contributed by atoms with van der Waals surface area (Å²) in [5.74, 6) is -1.86. The topological polar surface area (TPSA) is 131 Å². The summed E-state index contributed by atoms with van der Waals surface area (Å²) in [5, 5.41) is 22.7. The van der Waals surface area contributed by atoms with Gasteiger partial charge in [-0.15, -0.1) is 0 Å². The van der Waals surface area contributed by atoms with E-state index in [1.165, 1.54) is 29.2 Å². The molecule has 0 saturated carbocycles. The first kappa shape index (κ1) is 23.6. The molecule has 0 aliphatic carbocycles. The molecule has 2 saturated heterocycles. The molecule has 2 aliphatic rings. The number of hydrogen-bond acceptors (Lipinski definition) is 8. The van der Waals surface area contributed by atoms with Crippen molar-refractivity contribution >= 4 is 28.8 Å². The second-order valence-corrected chi connectivity index (χ2v) is 8.77. The van der Waals surface area contributed by atoms with E-state index in [1.807, 2.05) is 6.07 Å². The number of aromatic nitrogens is 2. The van der Waals surface area contributed by atoms with Crippen LogP contribution in [-0.4, -0.2) is 80.3 Å². The van der Waals surface area contributed by atoms with Crippen molar-refractivity contribution in [3.05, 3.63) is 81.3 Å². The maximum absolute atomic E-state index is 13.3. The molecule has 0 radical (unpaired) electrons. The zero-order valence-electron chi connectivity index (χ0n) is 19.7. The highest BCUT2D eigenvalue weighted by Gasteiger charge is 2.46. The van der Waals surface area contributed by atoms with E-state index in [4.69, 9.17) is 4.74 Å². The normalized spacial score (nSPS) is 20.4. The third-order valence-electron chi connectivity index (χ3n) is 6.65. The number of hydrogen-bond donors (Lipinski definition) is 1. The fraction of sp³-hybridized carbons (Fsp3) is 0.320. The second kappa shape index (κ2) is 9.51. The minimum atomic E-state index is -0.902. The summed E-state index contributed by atoms with van der Waals surface area (Å²) in [6.45, 7) is 5.11. The molecule has 5 rings (SSSR count).